The Hall–Kier alpha value is -0.330. The Bertz CT molecular complexity index is 138. The average Bonchev–Trinajstić information content (AvgIpc) is 1.88. The van der Waals surface area contributed by atoms with Crippen LogP contribution in [0.4, 0.5) is 0 Å². The van der Waals surface area contributed by atoms with E-state index in [0.717, 1.165) is 11.8 Å². The Morgan fingerprint density at radius 2 is 2.10 bits per heavy atom. The lowest BCUT2D eigenvalue weighted by molar-refractivity contribution is 0.421. The standard InChI is InChI=1S/C9H17N/c1-7-4-5-9(10-3)8(2)6-7/h7-8H,4-6H2,1-3H3. The molecule has 0 bridgehead atoms. The predicted octanol–water partition coefficient (Wildman–Crippen LogP) is 2.51. The molecule has 0 amide bonds. The summed E-state index contributed by atoms with van der Waals surface area (Å²) in [6.45, 7) is 4.63. The third kappa shape index (κ3) is 1.59. The van der Waals surface area contributed by atoms with Crippen LogP contribution in [-0.4, -0.2) is 12.8 Å². The molecule has 1 heteroatoms. The zero-order valence-corrected chi connectivity index (χ0v) is 7.22. The number of hydrogen-bond acceptors (Lipinski definition) is 1. The minimum atomic E-state index is 0.744. The van der Waals surface area contributed by atoms with Gasteiger partial charge in [-0.05, 0) is 31.1 Å². The van der Waals surface area contributed by atoms with Crippen LogP contribution in [0.2, 0.25) is 0 Å². The van der Waals surface area contributed by atoms with Gasteiger partial charge in [0.1, 0.15) is 0 Å². The topological polar surface area (TPSA) is 12.4 Å². The zero-order chi connectivity index (χ0) is 7.56. The predicted molar refractivity (Wildman–Crippen MR) is 45.5 cm³/mol. The van der Waals surface area contributed by atoms with Gasteiger partial charge in [-0.3, -0.25) is 4.99 Å². The van der Waals surface area contributed by atoms with E-state index >= 15 is 0 Å². The van der Waals surface area contributed by atoms with E-state index in [2.05, 4.69) is 18.8 Å². The summed E-state index contributed by atoms with van der Waals surface area (Å²) in [5.41, 5.74) is 1.43. The summed E-state index contributed by atoms with van der Waals surface area (Å²) in [5, 5.41) is 0. The maximum atomic E-state index is 4.28. The van der Waals surface area contributed by atoms with Crippen LogP contribution in [0, 0.1) is 11.8 Å². The first kappa shape index (κ1) is 7.77. The minimum Gasteiger partial charge on any atom is -0.297 e. The molecule has 1 fully saturated rings. The van der Waals surface area contributed by atoms with Crippen molar-refractivity contribution in [3.8, 4) is 0 Å². The lowest BCUT2D eigenvalue weighted by Crippen LogP contribution is -2.21. The summed E-state index contributed by atoms with van der Waals surface area (Å²) in [6, 6.07) is 0. The Kier molecular flexibility index (Phi) is 2.47. The van der Waals surface area contributed by atoms with Crippen LogP contribution in [0.25, 0.3) is 0 Å². The molecule has 0 radical (unpaired) electrons. The molecule has 1 aliphatic carbocycles. The third-order valence-electron chi connectivity index (χ3n) is 2.51. The zero-order valence-electron chi connectivity index (χ0n) is 7.22. The summed E-state index contributed by atoms with van der Waals surface area (Å²) in [6.07, 6.45) is 3.92. The summed E-state index contributed by atoms with van der Waals surface area (Å²) >= 11 is 0. The van der Waals surface area contributed by atoms with Crippen LogP contribution in [0.3, 0.4) is 0 Å². The highest BCUT2D eigenvalue weighted by Gasteiger charge is 2.19. The van der Waals surface area contributed by atoms with Crippen LogP contribution in [0.15, 0.2) is 4.99 Å². The molecule has 0 aliphatic heterocycles. The van der Waals surface area contributed by atoms with E-state index in [1.807, 2.05) is 7.05 Å². The second-order valence-electron chi connectivity index (χ2n) is 3.50. The van der Waals surface area contributed by atoms with Gasteiger partial charge in [-0.2, -0.15) is 0 Å². The average molecular weight is 139 g/mol. The minimum absolute atomic E-state index is 0.744. The van der Waals surface area contributed by atoms with Crippen LogP contribution in [-0.2, 0) is 0 Å². The van der Waals surface area contributed by atoms with Gasteiger partial charge in [0.2, 0.25) is 0 Å². The maximum Gasteiger partial charge on any atom is 0.0276 e. The van der Waals surface area contributed by atoms with Gasteiger partial charge in [0.05, 0.1) is 0 Å². The van der Waals surface area contributed by atoms with Crippen molar-refractivity contribution in [1.82, 2.24) is 0 Å². The lowest BCUT2D eigenvalue weighted by atomic mass is 9.82. The van der Waals surface area contributed by atoms with Crippen molar-refractivity contribution < 1.29 is 0 Å². The van der Waals surface area contributed by atoms with Crippen LogP contribution < -0.4 is 0 Å². The molecule has 58 valence electrons. The third-order valence-corrected chi connectivity index (χ3v) is 2.51. The lowest BCUT2D eigenvalue weighted by Gasteiger charge is -2.25. The molecule has 10 heavy (non-hydrogen) atoms. The van der Waals surface area contributed by atoms with E-state index in [-0.39, 0.29) is 0 Å². The quantitative estimate of drug-likeness (QED) is 0.489. The van der Waals surface area contributed by atoms with Crippen molar-refractivity contribution in [2.45, 2.75) is 33.1 Å². The molecule has 1 aliphatic rings. The number of nitrogens with zero attached hydrogens (tertiary/aromatic N) is 1. The van der Waals surface area contributed by atoms with Gasteiger partial charge in [-0.15, -0.1) is 0 Å². The van der Waals surface area contributed by atoms with E-state index < -0.39 is 0 Å². The SMILES string of the molecule is CN=C1CCC(C)CC1C. The smallest absolute Gasteiger partial charge is 0.0276 e. The molecule has 0 spiro atoms. The summed E-state index contributed by atoms with van der Waals surface area (Å²) in [5.74, 6) is 1.66. The molecule has 0 N–H and O–H groups in total. The Morgan fingerprint density at radius 1 is 1.40 bits per heavy atom. The Labute approximate surface area is 63.5 Å². The molecule has 1 nitrogen and oxygen atoms in total. The van der Waals surface area contributed by atoms with Gasteiger partial charge in [0, 0.05) is 12.8 Å². The van der Waals surface area contributed by atoms with E-state index in [1.165, 1.54) is 25.0 Å². The monoisotopic (exact) mass is 139 g/mol. The molecule has 2 atom stereocenters. The molecule has 0 aromatic heterocycles. The molecule has 0 heterocycles. The number of rotatable bonds is 0. The highest BCUT2D eigenvalue weighted by Crippen LogP contribution is 2.25. The first-order valence-corrected chi connectivity index (χ1v) is 4.19. The fraction of sp³-hybridized carbons (Fsp3) is 0.889. The van der Waals surface area contributed by atoms with Crippen LogP contribution >= 0.6 is 0 Å². The van der Waals surface area contributed by atoms with Crippen LogP contribution in [0.1, 0.15) is 33.1 Å². The van der Waals surface area contributed by atoms with Crippen molar-refractivity contribution in [2.75, 3.05) is 7.05 Å². The van der Waals surface area contributed by atoms with Crippen molar-refractivity contribution in [2.24, 2.45) is 16.8 Å². The van der Waals surface area contributed by atoms with Gasteiger partial charge in [0.15, 0.2) is 0 Å². The van der Waals surface area contributed by atoms with Gasteiger partial charge in [-0.25, -0.2) is 0 Å². The second-order valence-corrected chi connectivity index (χ2v) is 3.50. The fourth-order valence-corrected chi connectivity index (χ4v) is 1.83. The number of hydrogen-bond donors (Lipinski definition) is 0. The first-order chi connectivity index (χ1) is 4.74. The van der Waals surface area contributed by atoms with Crippen molar-refractivity contribution in [3.05, 3.63) is 0 Å². The van der Waals surface area contributed by atoms with Crippen molar-refractivity contribution in [3.63, 3.8) is 0 Å². The molecule has 1 saturated carbocycles. The summed E-state index contributed by atoms with van der Waals surface area (Å²) < 4.78 is 0. The normalized spacial score (nSPS) is 38.5. The van der Waals surface area contributed by atoms with Gasteiger partial charge in [-0.1, -0.05) is 13.8 Å². The first-order valence-electron chi connectivity index (χ1n) is 4.19. The summed E-state index contributed by atoms with van der Waals surface area (Å²) in [4.78, 5) is 4.28. The van der Waals surface area contributed by atoms with Crippen molar-refractivity contribution >= 4 is 5.71 Å². The molecular formula is C9H17N. The molecular weight excluding hydrogens is 122 g/mol. The van der Waals surface area contributed by atoms with E-state index in [9.17, 15) is 0 Å². The Balaban J connectivity index is 2.52. The molecule has 0 aromatic rings. The highest BCUT2D eigenvalue weighted by atomic mass is 14.7. The maximum absolute atomic E-state index is 4.28. The molecule has 0 saturated heterocycles. The van der Waals surface area contributed by atoms with Crippen molar-refractivity contribution in [1.29, 1.82) is 0 Å². The Morgan fingerprint density at radius 3 is 2.60 bits per heavy atom. The second kappa shape index (κ2) is 3.18. The van der Waals surface area contributed by atoms with Gasteiger partial charge >= 0.3 is 0 Å². The van der Waals surface area contributed by atoms with Gasteiger partial charge < -0.3 is 0 Å². The number of aliphatic imine (C=N–C) groups is 1. The fourth-order valence-electron chi connectivity index (χ4n) is 1.83. The summed E-state index contributed by atoms with van der Waals surface area (Å²) in [7, 11) is 1.92. The molecule has 0 aromatic carbocycles. The van der Waals surface area contributed by atoms with Crippen LogP contribution in [0.5, 0.6) is 0 Å². The molecule has 1 rings (SSSR count). The highest BCUT2D eigenvalue weighted by molar-refractivity contribution is 5.87. The van der Waals surface area contributed by atoms with E-state index in [4.69, 9.17) is 0 Å². The molecule has 2 unspecified atom stereocenters. The largest absolute Gasteiger partial charge is 0.297 e. The van der Waals surface area contributed by atoms with E-state index in [0.29, 0.717) is 0 Å². The van der Waals surface area contributed by atoms with E-state index in [1.54, 1.807) is 0 Å². The van der Waals surface area contributed by atoms with Gasteiger partial charge in [0.25, 0.3) is 0 Å².